The van der Waals surface area contributed by atoms with E-state index in [-0.39, 0.29) is 0 Å². The molecular formula is C45H30O. The van der Waals surface area contributed by atoms with E-state index in [1.54, 1.807) is 0 Å². The third-order valence-corrected chi connectivity index (χ3v) is 8.19. The van der Waals surface area contributed by atoms with Crippen molar-refractivity contribution in [2.24, 2.45) is 0 Å². The van der Waals surface area contributed by atoms with Crippen LogP contribution >= 0.6 is 0 Å². The average Bonchev–Trinajstić information content (AvgIpc) is 3.92. The summed E-state index contributed by atoms with van der Waals surface area (Å²) >= 11 is 0. The lowest BCUT2D eigenvalue weighted by atomic mass is 9.76. The fraction of sp³-hybridized carbons (Fsp3) is 0.0667. The summed E-state index contributed by atoms with van der Waals surface area (Å²) in [6.07, 6.45) is 0. The summed E-state index contributed by atoms with van der Waals surface area (Å²) in [7, 11) is 0. The molecule has 1 heterocycles. The van der Waals surface area contributed by atoms with Crippen LogP contribution in [-0.4, -0.2) is 0 Å². The van der Waals surface area contributed by atoms with Crippen LogP contribution in [0.1, 0.15) is 66.0 Å². The molecule has 46 heavy (non-hydrogen) atoms. The molecule has 0 spiro atoms. The average molecular weight is 617 g/mol. The number of furan rings is 1. The minimum absolute atomic E-state index is 0.508. The maximum atomic E-state index is 9.66. The lowest BCUT2D eigenvalue weighted by Crippen LogP contribution is -2.16. The molecule has 0 unspecified atom stereocenters. The standard InChI is InChI=1S/C45H30O/c1-45(2)38-23-10-9-15-29(38)34-20-11-22-36(43(34)45)41-32-18-7-5-16-30(32)40(31-17-6-8-19-33(31)41)35-21-12-24-39-42(35)37-26-25-27-13-3-4-14-28(27)44(37)46-39/h3-26H,1-2H3/i1D3,2D3,3D,4D,5D,6D,7D,8D,9D,10D,11D,12D,13D,14D,15D,16D,17D,18D,19D,20D,21D,22D,23D,24D,25D,26D. The fourth-order valence-electron chi connectivity index (χ4n) is 6.34. The Kier molecular flexibility index (Phi) is 1.98. The smallest absolute Gasteiger partial charge is 0.143 e. The largest absolute Gasteiger partial charge is 0.455 e. The van der Waals surface area contributed by atoms with Crippen molar-refractivity contribution in [3.8, 4) is 33.4 Å². The first-order valence-electron chi connectivity index (χ1n) is 28.7. The Labute approximate surface area is 309 Å². The van der Waals surface area contributed by atoms with Gasteiger partial charge in [-0.05, 0) is 83.5 Å². The molecule has 1 aliphatic carbocycles. The molecule has 8 aromatic carbocycles. The van der Waals surface area contributed by atoms with E-state index in [1.165, 1.54) is 0 Å². The van der Waals surface area contributed by atoms with Crippen molar-refractivity contribution in [3.63, 3.8) is 0 Å². The molecule has 9 aromatic rings. The van der Waals surface area contributed by atoms with Gasteiger partial charge in [0, 0.05) is 29.8 Å². The van der Waals surface area contributed by atoms with E-state index in [0.717, 1.165) is 0 Å². The lowest BCUT2D eigenvalue weighted by molar-refractivity contribution is 0.662. The fourth-order valence-corrected chi connectivity index (χ4v) is 6.34. The number of rotatable bonds is 2. The van der Waals surface area contributed by atoms with Crippen molar-refractivity contribution in [2.45, 2.75) is 19.1 Å². The van der Waals surface area contributed by atoms with Crippen LogP contribution in [0.2, 0.25) is 0 Å². The molecule has 0 saturated carbocycles. The minimum atomic E-state index is -4.01. The van der Waals surface area contributed by atoms with Gasteiger partial charge < -0.3 is 4.42 Å². The van der Waals surface area contributed by atoms with Crippen LogP contribution < -0.4 is 0 Å². The van der Waals surface area contributed by atoms with Crippen LogP contribution in [0.4, 0.5) is 0 Å². The molecule has 1 nitrogen and oxygen atoms in total. The Morgan fingerprint density at radius 1 is 0.478 bits per heavy atom. The van der Waals surface area contributed by atoms with Crippen molar-refractivity contribution < 1.29 is 45.5 Å². The van der Waals surface area contributed by atoms with E-state index < -0.39 is 263 Å². The van der Waals surface area contributed by atoms with Gasteiger partial charge in [-0.15, -0.1) is 0 Å². The highest BCUT2D eigenvalue weighted by Gasteiger charge is 2.38. The highest BCUT2D eigenvalue weighted by Crippen LogP contribution is 2.55. The molecule has 0 N–H and O–H groups in total. The highest BCUT2D eigenvalue weighted by atomic mass is 16.3. The molecule has 0 amide bonds. The number of hydrogen-bond donors (Lipinski definition) is 0. The van der Waals surface area contributed by atoms with Crippen molar-refractivity contribution in [3.05, 3.63) is 156 Å². The van der Waals surface area contributed by atoms with Crippen LogP contribution in [0.15, 0.2) is 149 Å². The van der Waals surface area contributed by atoms with Gasteiger partial charge in [0.1, 0.15) is 11.2 Å². The first kappa shape index (κ1) is 9.92. The predicted molar refractivity (Wildman–Crippen MR) is 195 cm³/mol. The summed E-state index contributed by atoms with van der Waals surface area (Å²) in [5.41, 5.74) is -13.0. The van der Waals surface area contributed by atoms with Crippen molar-refractivity contribution in [2.75, 3.05) is 0 Å². The molecule has 0 aliphatic heterocycles. The quantitative estimate of drug-likeness (QED) is 0.176. The molecule has 10 rings (SSSR count). The summed E-state index contributed by atoms with van der Waals surface area (Å²) < 4.78 is 279. The molecule has 0 saturated heterocycles. The zero-order valence-electron chi connectivity index (χ0n) is 52.9. The molecule has 0 bridgehead atoms. The van der Waals surface area contributed by atoms with E-state index in [2.05, 4.69) is 0 Å². The summed E-state index contributed by atoms with van der Waals surface area (Å²) in [6, 6.07) is -25.0. The van der Waals surface area contributed by atoms with Crippen LogP contribution in [0, 0.1) is 0 Å². The predicted octanol–water partition coefficient (Wildman–Crippen LogP) is 12.7. The first-order valence-corrected chi connectivity index (χ1v) is 13.7. The summed E-state index contributed by atoms with van der Waals surface area (Å²) in [5, 5.41) is -5.88. The van der Waals surface area contributed by atoms with Crippen LogP contribution in [0.3, 0.4) is 0 Å². The van der Waals surface area contributed by atoms with E-state index in [1.807, 2.05) is 0 Å². The van der Waals surface area contributed by atoms with Crippen molar-refractivity contribution >= 4 is 54.3 Å². The zero-order chi connectivity index (χ0) is 56.5. The normalized spacial score (nSPS) is 23.4. The number of benzene rings is 8. The Morgan fingerprint density at radius 3 is 1.78 bits per heavy atom. The van der Waals surface area contributed by atoms with E-state index in [4.69, 9.17) is 33.2 Å². The molecule has 216 valence electrons. The van der Waals surface area contributed by atoms with Crippen molar-refractivity contribution in [1.29, 1.82) is 0 Å². The minimum Gasteiger partial charge on any atom is -0.455 e. The molecule has 1 heteroatoms. The SMILES string of the molecule is [2H]c1c([2H])c([2H])c2c(c1[2H])-c1c([2H])c([2H])c([2H])c(-c3c4c([2H])c([2H])c([2H])c([2H])c4c(-c4c([2H])c([2H])c([2H])c5oc6c7c([2H])c([2H])c([2H])c([2H])c7c([2H])c([2H])c6c45)c4c([2H])c([2H])c([2H])c([2H])c34)c1C2(C([2H])([2H])[2H])C([2H])([2H])[2H]. The monoisotopic (exact) mass is 616 g/mol. The third kappa shape index (κ3) is 3.30. The van der Waals surface area contributed by atoms with Gasteiger partial charge in [0.05, 0.1) is 32.9 Å². The van der Waals surface area contributed by atoms with Gasteiger partial charge in [-0.25, -0.2) is 0 Å². The van der Waals surface area contributed by atoms with Gasteiger partial charge >= 0.3 is 0 Å². The van der Waals surface area contributed by atoms with Crippen LogP contribution in [0.5, 0.6) is 0 Å². The van der Waals surface area contributed by atoms with Gasteiger partial charge in [0.25, 0.3) is 0 Å². The Balaban J connectivity index is 1.61. The topological polar surface area (TPSA) is 13.1 Å². The van der Waals surface area contributed by atoms with Crippen molar-refractivity contribution in [1.82, 2.24) is 0 Å². The van der Waals surface area contributed by atoms with Crippen LogP contribution in [-0.2, 0) is 5.41 Å². The van der Waals surface area contributed by atoms with Crippen LogP contribution in [0.25, 0.3) is 87.6 Å². The first-order chi connectivity index (χ1) is 35.1. The van der Waals surface area contributed by atoms with Gasteiger partial charge in [0.15, 0.2) is 0 Å². The van der Waals surface area contributed by atoms with E-state index in [9.17, 15) is 12.3 Å². The van der Waals surface area contributed by atoms with E-state index >= 15 is 0 Å². The molecule has 0 fully saturated rings. The van der Waals surface area contributed by atoms with Gasteiger partial charge in [-0.1, -0.05) is 147 Å². The Hall–Kier alpha value is -5.66. The molecule has 1 aromatic heterocycles. The van der Waals surface area contributed by atoms with Gasteiger partial charge in [0.2, 0.25) is 0 Å². The second-order valence-electron chi connectivity index (χ2n) is 10.5. The Morgan fingerprint density at radius 2 is 1.04 bits per heavy atom. The maximum Gasteiger partial charge on any atom is 0.143 e. The molecule has 0 atom stereocenters. The molecule has 0 radical (unpaired) electrons. The Bertz CT molecular complexity index is 4200. The van der Waals surface area contributed by atoms with Gasteiger partial charge in [-0.2, -0.15) is 0 Å². The lowest BCUT2D eigenvalue weighted by Gasteiger charge is -2.26. The number of hydrogen-bond acceptors (Lipinski definition) is 1. The molecule has 1 aliphatic rings. The second kappa shape index (κ2) is 9.19. The zero-order valence-corrected chi connectivity index (χ0v) is 22.9. The van der Waals surface area contributed by atoms with Gasteiger partial charge in [-0.3, -0.25) is 0 Å². The summed E-state index contributed by atoms with van der Waals surface area (Å²) in [6.45, 7) is -8.02. The maximum absolute atomic E-state index is 9.66. The summed E-state index contributed by atoms with van der Waals surface area (Å²) in [5.74, 6) is 0. The van der Waals surface area contributed by atoms with E-state index in [0.29, 0.717) is 0 Å². The summed E-state index contributed by atoms with van der Waals surface area (Å²) in [4.78, 5) is 0. The number of fused-ring (bicyclic) bond motifs is 10. The highest BCUT2D eigenvalue weighted by molar-refractivity contribution is 6.27. The second-order valence-corrected chi connectivity index (χ2v) is 10.5. The molecular weight excluding hydrogens is 556 g/mol. The third-order valence-electron chi connectivity index (χ3n) is 8.19.